The third-order valence-electron chi connectivity index (χ3n) is 3.17. The SMILES string of the molecule is OC1(C(F)(F)F)CC2CCCCC2O1. The second kappa shape index (κ2) is 3.10. The summed E-state index contributed by atoms with van der Waals surface area (Å²) < 4.78 is 42.0. The van der Waals surface area contributed by atoms with Gasteiger partial charge in [-0.1, -0.05) is 12.8 Å². The summed E-state index contributed by atoms with van der Waals surface area (Å²) in [7, 11) is 0. The molecule has 2 aliphatic rings. The minimum absolute atomic E-state index is 0.115. The van der Waals surface area contributed by atoms with Gasteiger partial charge in [-0.2, -0.15) is 13.2 Å². The Bertz CT molecular complexity index is 213. The zero-order valence-electron chi connectivity index (χ0n) is 7.68. The van der Waals surface area contributed by atoms with E-state index in [4.69, 9.17) is 4.74 Å². The number of ether oxygens (including phenoxy) is 1. The van der Waals surface area contributed by atoms with E-state index in [1.165, 1.54) is 0 Å². The van der Waals surface area contributed by atoms with Crippen LogP contribution >= 0.6 is 0 Å². The zero-order chi connectivity index (χ0) is 10.4. The summed E-state index contributed by atoms with van der Waals surface area (Å²) in [5.41, 5.74) is 0. The molecule has 2 fully saturated rings. The van der Waals surface area contributed by atoms with Crippen molar-refractivity contribution < 1.29 is 23.0 Å². The monoisotopic (exact) mass is 210 g/mol. The second-order valence-corrected chi connectivity index (χ2v) is 4.19. The highest BCUT2D eigenvalue weighted by Crippen LogP contribution is 2.48. The van der Waals surface area contributed by atoms with Gasteiger partial charge in [0.25, 0.3) is 5.79 Å². The lowest BCUT2D eigenvalue weighted by Gasteiger charge is -2.26. The number of aliphatic hydroxyl groups is 1. The first-order valence-corrected chi connectivity index (χ1v) is 4.89. The largest absolute Gasteiger partial charge is 0.443 e. The third-order valence-corrected chi connectivity index (χ3v) is 3.17. The fourth-order valence-electron chi connectivity index (χ4n) is 2.40. The van der Waals surface area contributed by atoms with Crippen LogP contribution in [0.15, 0.2) is 0 Å². The Morgan fingerprint density at radius 2 is 1.86 bits per heavy atom. The summed E-state index contributed by atoms with van der Waals surface area (Å²) in [6.45, 7) is 0. The first-order chi connectivity index (χ1) is 6.42. The highest BCUT2D eigenvalue weighted by atomic mass is 19.4. The van der Waals surface area contributed by atoms with Crippen molar-refractivity contribution in [3.05, 3.63) is 0 Å². The fourth-order valence-corrected chi connectivity index (χ4v) is 2.40. The van der Waals surface area contributed by atoms with Crippen molar-refractivity contribution in [2.75, 3.05) is 0 Å². The Balaban J connectivity index is 2.12. The summed E-state index contributed by atoms with van der Waals surface area (Å²) in [5, 5.41) is 9.31. The Morgan fingerprint density at radius 1 is 1.21 bits per heavy atom. The highest BCUT2D eigenvalue weighted by Gasteiger charge is 2.62. The van der Waals surface area contributed by atoms with Crippen molar-refractivity contribution in [3.63, 3.8) is 0 Å². The summed E-state index contributed by atoms with van der Waals surface area (Å²) >= 11 is 0. The number of hydrogen-bond donors (Lipinski definition) is 1. The third kappa shape index (κ3) is 1.52. The van der Waals surface area contributed by atoms with Crippen molar-refractivity contribution in [3.8, 4) is 0 Å². The Morgan fingerprint density at radius 3 is 2.43 bits per heavy atom. The zero-order valence-corrected chi connectivity index (χ0v) is 7.68. The molecule has 3 unspecified atom stereocenters. The number of fused-ring (bicyclic) bond motifs is 1. The van der Waals surface area contributed by atoms with Crippen LogP contribution in [-0.2, 0) is 4.74 Å². The molecule has 1 saturated carbocycles. The Hall–Kier alpha value is -0.290. The molecule has 0 aromatic heterocycles. The van der Waals surface area contributed by atoms with Crippen LogP contribution in [-0.4, -0.2) is 23.2 Å². The second-order valence-electron chi connectivity index (χ2n) is 4.19. The van der Waals surface area contributed by atoms with E-state index in [9.17, 15) is 18.3 Å². The van der Waals surface area contributed by atoms with Gasteiger partial charge in [-0.15, -0.1) is 0 Å². The van der Waals surface area contributed by atoms with Gasteiger partial charge >= 0.3 is 6.18 Å². The molecule has 1 heterocycles. The summed E-state index contributed by atoms with van der Waals surface area (Å²) in [6, 6.07) is 0. The summed E-state index contributed by atoms with van der Waals surface area (Å²) in [4.78, 5) is 0. The molecule has 1 aliphatic carbocycles. The maximum absolute atomic E-state index is 12.4. The lowest BCUT2D eigenvalue weighted by atomic mass is 9.85. The normalized spacial score (nSPS) is 43.7. The quantitative estimate of drug-likeness (QED) is 0.664. The van der Waals surface area contributed by atoms with Gasteiger partial charge in [0, 0.05) is 6.42 Å². The molecule has 3 atom stereocenters. The number of hydrogen-bond acceptors (Lipinski definition) is 2. The van der Waals surface area contributed by atoms with E-state index in [1.807, 2.05) is 0 Å². The van der Waals surface area contributed by atoms with E-state index in [-0.39, 0.29) is 12.3 Å². The maximum Gasteiger partial charge on any atom is 0.443 e. The molecular formula is C9H13F3O2. The van der Waals surface area contributed by atoms with Crippen LogP contribution < -0.4 is 0 Å². The summed E-state index contributed by atoms with van der Waals surface area (Å²) in [6.07, 6.45) is -2.12. The van der Waals surface area contributed by atoms with E-state index in [1.54, 1.807) is 0 Å². The van der Waals surface area contributed by atoms with E-state index in [0.717, 1.165) is 19.3 Å². The molecule has 2 nitrogen and oxygen atoms in total. The predicted molar refractivity (Wildman–Crippen MR) is 42.5 cm³/mol. The Kier molecular flexibility index (Phi) is 2.27. The molecule has 14 heavy (non-hydrogen) atoms. The lowest BCUT2D eigenvalue weighted by molar-refractivity contribution is -0.357. The topological polar surface area (TPSA) is 29.5 Å². The van der Waals surface area contributed by atoms with Gasteiger partial charge in [0.1, 0.15) is 0 Å². The minimum atomic E-state index is -4.66. The molecule has 0 spiro atoms. The van der Waals surface area contributed by atoms with E-state index in [2.05, 4.69) is 0 Å². The van der Waals surface area contributed by atoms with Gasteiger partial charge in [0.15, 0.2) is 0 Å². The molecule has 0 bridgehead atoms. The maximum atomic E-state index is 12.4. The minimum Gasteiger partial charge on any atom is -0.358 e. The smallest absolute Gasteiger partial charge is 0.358 e. The lowest BCUT2D eigenvalue weighted by Crippen LogP contribution is -2.45. The summed E-state index contributed by atoms with van der Waals surface area (Å²) in [5.74, 6) is -3.00. The van der Waals surface area contributed by atoms with Crippen LogP contribution in [0.4, 0.5) is 13.2 Å². The van der Waals surface area contributed by atoms with Crippen LogP contribution in [0.1, 0.15) is 32.1 Å². The fraction of sp³-hybridized carbons (Fsp3) is 1.00. The first-order valence-electron chi connectivity index (χ1n) is 4.89. The molecule has 0 aromatic carbocycles. The molecule has 0 amide bonds. The van der Waals surface area contributed by atoms with Crippen molar-refractivity contribution in [2.45, 2.75) is 50.2 Å². The average Bonchev–Trinajstić information content (AvgIpc) is 2.40. The van der Waals surface area contributed by atoms with Crippen molar-refractivity contribution in [2.24, 2.45) is 5.92 Å². The van der Waals surface area contributed by atoms with Gasteiger partial charge in [0.2, 0.25) is 0 Å². The molecule has 0 aromatic rings. The standard InChI is InChI=1S/C9H13F3O2/c10-9(11,12)8(13)5-6-3-1-2-4-7(6)14-8/h6-7,13H,1-5H2. The van der Waals surface area contributed by atoms with Crippen LogP contribution in [0, 0.1) is 5.92 Å². The Labute approximate surface area is 80.1 Å². The number of halogens is 3. The molecule has 82 valence electrons. The van der Waals surface area contributed by atoms with Crippen molar-refractivity contribution in [1.82, 2.24) is 0 Å². The van der Waals surface area contributed by atoms with Gasteiger partial charge in [-0.25, -0.2) is 0 Å². The van der Waals surface area contributed by atoms with Crippen LogP contribution in [0.2, 0.25) is 0 Å². The van der Waals surface area contributed by atoms with E-state index >= 15 is 0 Å². The van der Waals surface area contributed by atoms with E-state index in [0.29, 0.717) is 6.42 Å². The number of alkyl halides is 3. The molecule has 2 rings (SSSR count). The van der Waals surface area contributed by atoms with Gasteiger partial charge in [-0.3, -0.25) is 0 Å². The van der Waals surface area contributed by atoms with Crippen LogP contribution in [0.3, 0.4) is 0 Å². The highest BCUT2D eigenvalue weighted by molar-refractivity contribution is 4.93. The molecule has 0 radical (unpaired) electrons. The van der Waals surface area contributed by atoms with Crippen LogP contribution in [0.25, 0.3) is 0 Å². The van der Waals surface area contributed by atoms with Gasteiger partial charge in [0.05, 0.1) is 6.10 Å². The molecule has 1 aliphatic heterocycles. The molecule has 5 heteroatoms. The molecule has 1 N–H and O–H groups in total. The predicted octanol–water partition coefficient (Wildman–Crippen LogP) is 2.22. The van der Waals surface area contributed by atoms with Gasteiger partial charge in [-0.05, 0) is 18.8 Å². The number of rotatable bonds is 0. The van der Waals surface area contributed by atoms with Gasteiger partial charge < -0.3 is 9.84 Å². The molecular weight excluding hydrogens is 197 g/mol. The van der Waals surface area contributed by atoms with Crippen molar-refractivity contribution >= 4 is 0 Å². The van der Waals surface area contributed by atoms with E-state index < -0.39 is 18.1 Å². The average molecular weight is 210 g/mol. The van der Waals surface area contributed by atoms with Crippen molar-refractivity contribution in [1.29, 1.82) is 0 Å². The van der Waals surface area contributed by atoms with Crippen LogP contribution in [0.5, 0.6) is 0 Å². The first kappa shape index (κ1) is 10.2. The molecule has 1 saturated heterocycles.